The molecule has 0 aromatic carbocycles. The Hall–Kier alpha value is -2.48. The Bertz CT molecular complexity index is 765. The van der Waals surface area contributed by atoms with E-state index in [2.05, 4.69) is 6.58 Å². The second kappa shape index (κ2) is 9.12. The minimum atomic E-state index is -2.21. The summed E-state index contributed by atoms with van der Waals surface area (Å²) in [6, 6.07) is 0. The standard InChI is InChI=1S/C22H30O8/c1-7-12(3)20(25)30-18-17-13(4)21(26)29-15(17)10-11(2)8-9-16(24)22(6,27)19(18)28-14(5)23/h8-9,11-12,15,17-19,27H,4,7,10H2,1-3,5-6H3/b9-8-/t11-,12-,15+,17-,18-,19+,22-/m0/s1. The van der Waals surface area contributed by atoms with Crippen molar-refractivity contribution < 1.29 is 38.5 Å². The number of carbonyl (C=O) groups excluding carboxylic acids is 4. The van der Waals surface area contributed by atoms with Crippen molar-refractivity contribution in [2.75, 3.05) is 0 Å². The van der Waals surface area contributed by atoms with Gasteiger partial charge >= 0.3 is 17.9 Å². The van der Waals surface area contributed by atoms with Crippen molar-refractivity contribution in [3.8, 4) is 0 Å². The normalized spacial score (nSPS) is 36.3. The van der Waals surface area contributed by atoms with Crippen molar-refractivity contribution in [3.63, 3.8) is 0 Å². The third-order valence-corrected chi connectivity index (χ3v) is 5.77. The van der Waals surface area contributed by atoms with Gasteiger partial charge in [0.05, 0.1) is 11.8 Å². The highest BCUT2D eigenvalue weighted by Gasteiger charge is 2.56. The number of carbonyl (C=O) groups is 4. The Labute approximate surface area is 176 Å². The zero-order valence-corrected chi connectivity index (χ0v) is 18.0. The van der Waals surface area contributed by atoms with Crippen molar-refractivity contribution in [1.29, 1.82) is 0 Å². The van der Waals surface area contributed by atoms with Crippen LogP contribution in [0.5, 0.6) is 0 Å². The molecular weight excluding hydrogens is 392 g/mol. The summed E-state index contributed by atoms with van der Waals surface area (Å²) in [4.78, 5) is 49.6. The van der Waals surface area contributed by atoms with Gasteiger partial charge in [0, 0.05) is 12.5 Å². The predicted molar refractivity (Wildman–Crippen MR) is 106 cm³/mol. The molecule has 1 fully saturated rings. The van der Waals surface area contributed by atoms with Gasteiger partial charge in [-0.05, 0) is 31.8 Å². The van der Waals surface area contributed by atoms with Gasteiger partial charge in [-0.25, -0.2) is 4.79 Å². The maximum absolute atomic E-state index is 12.8. The number of rotatable bonds is 4. The summed E-state index contributed by atoms with van der Waals surface area (Å²) >= 11 is 0. The Morgan fingerprint density at radius 2 is 2.00 bits per heavy atom. The van der Waals surface area contributed by atoms with Crippen LogP contribution in [0.3, 0.4) is 0 Å². The van der Waals surface area contributed by atoms with Crippen molar-refractivity contribution in [2.45, 2.75) is 71.4 Å². The molecule has 1 aliphatic carbocycles. The molecule has 0 radical (unpaired) electrons. The van der Waals surface area contributed by atoms with Gasteiger partial charge in [0.15, 0.2) is 23.6 Å². The van der Waals surface area contributed by atoms with E-state index in [1.165, 1.54) is 13.0 Å². The van der Waals surface area contributed by atoms with E-state index in [9.17, 15) is 24.3 Å². The summed E-state index contributed by atoms with van der Waals surface area (Å²) < 4.78 is 16.5. The average molecular weight is 422 g/mol. The van der Waals surface area contributed by atoms with E-state index in [4.69, 9.17) is 14.2 Å². The number of hydrogen-bond acceptors (Lipinski definition) is 8. The van der Waals surface area contributed by atoms with Crippen LogP contribution in [0.4, 0.5) is 0 Å². The molecule has 1 N–H and O–H groups in total. The molecule has 1 saturated heterocycles. The number of ketones is 1. The highest BCUT2D eigenvalue weighted by Crippen LogP contribution is 2.40. The first kappa shape index (κ1) is 23.8. The summed E-state index contributed by atoms with van der Waals surface area (Å²) in [6.45, 7) is 11.4. The summed E-state index contributed by atoms with van der Waals surface area (Å²) in [5.41, 5.74) is -2.17. The number of esters is 3. The number of ether oxygens (including phenoxy) is 3. The molecule has 8 nitrogen and oxygen atoms in total. The first-order valence-corrected chi connectivity index (χ1v) is 10.1. The average Bonchev–Trinajstić information content (AvgIpc) is 2.94. The number of fused-ring (bicyclic) bond motifs is 1. The Kier molecular flexibility index (Phi) is 7.23. The minimum Gasteiger partial charge on any atom is -0.458 e. The van der Waals surface area contributed by atoms with E-state index >= 15 is 0 Å². The van der Waals surface area contributed by atoms with Gasteiger partial charge in [0.1, 0.15) is 6.10 Å². The zero-order valence-electron chi connectivity index (χ0n) is 18.0. The van der Waals surface area contributed by atoms with Crippen molar-refractivity contribution in [2.24, 2.45) is 17.8 Å². The van der Waals surface area contributed by atoms with E-state index in [-0.39, 0.29) is 11.5 Å². The van der Waals surface area contributed by atoms with Crippen molar-refractivity contribution in [1.82, 2.24) is 0 Å². The van der Waals surface area contributed by atoms with E-state index in [1.807, 2.05) is 6.92 Å². The van der Waals surface area contributed by atoms with Gasteiger partial charge < -0.3 is 19.3 Å². The molecule has 2 aliphatic rings. The summed E-state index contributed by atoms with van der Waals surface area (Å²) in [5, 5.41) is 11.1. The molecule has 0 unspecified atom stereocenters. The third-order valence-electron chi connectivity index (χ3n) is 5.77. The maximum Gasteiger partial charge on any atom is 0.334 e. The van der Waals surface area contributed by atoms with Gasteiger partial charge in [0.2, 0.25) is 0 Å². The molecular formula is C22H30O8. The fourth-order valence-electron chi connectivity index (χ4n) is 3.68. The van der Waals surface area contributed by atoms with Crippen LogP contribution in [0.15, 0.2) is 24.3 Å². The van der Waals surface area contributed by atoms with Crippen LogP contribution in [0.2, 0.25) is 0 Å². The lowest BCUT2D eigenvalue weighted by Gasteiger charge is -2.39. The molecule has 8 heteroatoms. The van der Waals surface area contributed by atoms with Crippen LogP contribution in [0, 0.1) is 17.8 Å². The lowest BCUT2D eigenvalue weighted by Crippen LogP contribution is -2.58. The fourth-order valence-corrected chi connectivity index (χ4v) is 3.68. The smallest absolute Gasteiger partial charge is 0.334 e. The van der Waals surface area contributed by atoms with Crippen LogP contribution in [0.25, 0.3) is 0 Å². The van der Waals surface area contributed by atoms with Crippen LogP contribution < -0.4 is 0 Å². The molecule has 0 amide bonds. The SMILES string of the molecule is C=C1C(=O)O[C@@H]2C[C@@H](C)/C=C\C(=O)[C@](C)(O)[C@H](OC(C)=O)[C@@H](OC(=O)[C@@H](C)CC)[C@@H]12. The second-order valence-electron chi connectivity index (χ2n) is 8.32. The summed E-state index contributed by atoms with van der Waals surface area (Å²) in [6.07, 6.45) is 0.0139. The topological polar surface area (TPSA) is 116 Å². The quantitative estimate of drug-likeness (QED) is 0.415. The molecule has 1 aliphatic heterocycles. The fraction of sp³-hybridized carbons (Fsp3) is 0.636. The number of hydrogen-bond donors (Lipinski definition) is 1. The highest BCUT2D eigenvalue weighted by atomic mass is 16.6. The Morgan fingerprint density at radius 3 is 2.57 bits per heavy atom. The van der Waals surface area contributed by atoms with Crippen LogP contribution >= 0.6 is 0 Å². The Morgan fingerprint density at radius 1 is 1.37 bits per heavy atom. The largest absolute Gasteiger partial charge is 0.458 e. The maximum atomic E-state index is 12.8. The van der Waals surface area contributed by atoms with Crippen molar-refractivity contribution >= 4 is 23.7 Å². The summed E-state index contributed by atoms with van der Waals surface area (Å²) in [5.74, 6) is -4.29. The van der Waals surface area contributed by atoms with Gasteiger partial charge in [-0.2, -0.15) is 0 Å². The lowest BCUT2D eigenvalue weighted by molar-refractivity contribution is -0.198. The summed E-state index contributed by atoms with van der Waals surface area (Å²) in [7, 11) is 0. The second-order valence-corrected chi connectivity index (χ2v) is 8.32. The molecule has 166 valence electrons. The molecule has 0 spiro atoms. The van der Waals surface area contributed by atoms with E-state index in [1.54, 1.807) is 19.9 Å². The molecule has 0 bridgehead atoms. The molecule has 7 atom stereocenters. The van der Waals surface area contributed by atoms with Gasteiger partial charge in [-0.3, -0.25) is 14.4 Å². The zero-order chi connectivity index (χ0) is 22.8. The minimum absolute atomic E-state index is 0.0408. The molecule has 1 heterocycles. The van der Waals surface area contributed by atoms with Gasteiger partial charge in [-0.1, -0.05) is 33.4 Å². The Balaban J connectivity index is 2.65. The van der Waals surface area contributed by atoms with Crippen LogP contribution in [-0.2, 0) is 33.4 Å². The molecule has 0 aromatic rings. The van der Waals surface area contributed by atoms with Gasteiger partial charge in [0.25, 0.3) is 0 Å². The number of aliphatic hydroxyl groups is 1. The molecule has 2 rings (SSSR count). The van der Waals surface area contributed by atoms with Crippen LogP contribution in [0.1, 0.15) is 47.5 Å². The first-order valence-electron chi connectivity index (χ1n) is 10.1. The third kappa shape index (κ3) is 4.80. The predicted octanol–water partition coefficient (Wildman–Crippen LogP) is 1.89. The molecule has 0 aromatic heterocycles. The molecule has 0 saturated carbocycles. The van der Waals surface area contributed by atoms with Crippen molar-refractivity contribution in [3.05, 3.63) is 24.3 Å². The number of allylic oxidation sites excluding steroid dienone is 1. The highest BCUT2D eigenvalue weighted by molar-refractivity contribution is 5.97. The first-order chi connectivity index (χ1) is 13.9. The van der Waals surface area contributed by atoms with E-state index in [0.29, 0.717) is 12.8 Å². The van der Waals surface area contributed by atoms with E-state index in [0.717, 1.165) is 6.92 Å². The van der Waals surface area contributed by atoms with E-state index < -0.39 is 59.4 Å². The molecule has 30 heavy (non-hydrogen) atoms. The van der Waals surface area contributed by atoms with Gasteiger partial charge in [-0.15, -0.1) is 0 Å². The monoisotopic (exact) mass is 422 g/mol. The van der Waals surface area contributed by atoms with Crippen LogP contribution in [-0.4, -0.2) is 52.7 Å². The lowest BCUT2D eigenvalue weighted by atomic mass is 9.77.